The van der Waals surface area contributed by atoms with Crippen molar-refractivity contribution in [3.05, 3.63) is 53.2 Å². The molecule has 0 aromatic carbocycles. The number of carbonyl (C=O) groups excluding carboxylic acids is 1. The van der Waals surface area contributed by atoms with Crippen LogP contribution in [0.1, 0.15) is 36.6 Å². The topological polar surface area (TPSA) is 58.1 Å². The van der Waals surface area contributed by atoms with Crippen LogP contribution in [0.3, 0.4) is 0 Å². The zero-order valence-corrected chi connectivity index (χ0v) is 16.0. The minimum Gasteiger partial charge on any atom is -0.356 e. The number of hydrogen-bond acceptors (Lipinski definition) is 4. The van der Waals surface area contributed by atoms with Gasteiger partial charge >= 0.3 is 6.18 Å². The standard InChI is InChI=1S/C20H22F4N4O/c1-13-4-6-28(7-5-13)19-15(2-3-17(27-19)20(22,23)24)11-26-18(29)9-14-8-16(21)12-25-10-14/h2-3,8,10,12-13H,4-7,9,11H2,1H3,(H,26,29). The van der Waals surface area contributed by atoms with Gasteiger partial charge in [-0.2, -0.15) is 13.2 Å². The van der Waals surface area contributed by atoms with E-state index in [9.17, 15) is 22.4 Å². The normalized spacial score (nSPS) is 15.4. The molecule has 0 radical (unpaired) electrons. The van der Waals surface area contributed by atoms with Gasteiger partial charge in [0.1, 0.15) is 17.3 Å². The molecular weight excluding hydrogens is 388 g/mol. The lowest BCUT2D eigenvalue weighted by Crippen LogP contribution is -2.35. The molecule has 29 heavy (non-hydrogen) atoms. The molecule has 1 saturated heterocycles. The molecule has 2 aromatic rings. The summed E-state index contributed by atoms with van der Waals surface area (Å²) in [5.74, 6) is -0.154. The third kappa shape index (κ3) is 5.65. The number of carbonyl (C=O) groups is 1. The lowest BCUT2D eigenvalue weighted by atomic mass is 9.99. The first kappa shape index (κ1) is 21.0. The van der Waals surface area contributed by atoms with Crippen molar-refractivity contribution in [2.45, 2.75) is 38.9 Å². The van der Waals surface area contributed by atoms with Gasteiger partial charge in [0.25, 0.3) is 0 Å². The van der Waals surface area contributed by atoms with Gasteiger partial charge in [-0.05, 0) is 36.5 Å². The van der Waals surface area contributed by atoms with Crippen molar-refractivity contribution in [2.75, 3.05) is 18.0 Å². The van der Waals surface area contributed by atoms with Crippen molar-refractivity contribution < 1.29 is 22.4 Å². The average molecular weight is 410 g/mol. The van der Waals surface area contributed by atoms with Crippen molar-refractivity contribution in [1.29, 1.82) is 0 Å². The minimum absolute atomic E-state index is 0.0358. The Morgan fingerprint density at radius 1 is 1.24 bits per heavy atom. The van der Waals surface area contributed by atoms with Gasteiger partial charge in [0.15, 0.2) is 0 Å². The molecule has 0 saturated carbocycles. The predicted molar refractivity (Wildman–Crippen MR) is 99.6 cm³/mol. The zero-order chi connectivity index (χ0) is 21.0. The number of piperidine rings is 1. The highest BCUT2D eigenvalue weighted by atomic mass is 19.4. The van der Waals surface area contributed by atoms with E-state index < -0.39 is 17.7 Å². The van der Waals surface area contributed by atoms with Gasteiger partial charge in [0.05, 0.1) is 12.6 Å². The maximum absolute atomic E-state index is 13.2. The highest BCUT2D eigenvalue weighted by Gasteiger charge is 2.34. The fourth-order valence-electron chi connectivity index (χ4n) is 3.26. The number of anilines is 1. The number of halogens is 4. The Bertz CT molecular complexity index is 864. The summed E-state index contributed by atoms with van der Waals surface area (Å²) < 4.78 is 52.6. The Labute approximate surface area is 166 Å². The van der Waals surface area contributed by atoms with E-state index in [1.165, 1.54) is 18.3 Å². The highest BCUT2D eigenvalue weighted by Crippen LogP contribution is 2.32. The fourth-order valence-corrected chi connectivity index (χ4v) is 3.26. The van der Waals surface area contributed by atoms with E-state index in [0.717, 1.165) is 25.1 Å². The highest BCUT2D eigenvalue weighted by molar-refractivity contribution is 5.78. The molecule has 1 N–H and O–H groups in total. The first-order chi connectivity index (χ1) is 13.7. The number of aromatic nitrogens is 2. The molecule has 156 valence electrons. The summed E-state index contributed by atoms with van der Waals surface area (Å²) >= 11 is 0. The van der Waals surface area contributed by atoms with Crippen LogP contribution in [0, 0.1) is 11.7 Å². The molecule has 3 heterocycles. The second-order valence-electron chi connectivity index (χ2n) is 7.31. The molecular formula is C20H22F4N4O. The smallest absolute Gasteiger partial charge is 0.356 e. The molecule has 0 unspecified atom stereocenters. The summed E-state index contributed by atoms with van der Waals surface area (Å²) in [5, 5.41) is 2.68. The summed E-state index contributed by atoms with van der Waals surface area (Å²) in [6, 6.07) is 3.49. The molecule has 2 aromatic heterocycles. The summed E-state index contributed by atoms with van der Waals surface area (Å²) in [6.45, 7) is 3.38. The molecule has 1 aliphatic heterocycles. The zero-order valence-electron chi connectivity index (χ0n) is 16.0. The molecule has 1 fully saturated rings. The van der Waals surface area contributed by atoms with E-state index in [4.69, 9.17) is 0 Å². The van der Waals surface area contributed by atoms with Gasteiger partial charge in [-0.1, -0.05) is 13.0 Å². The summed E-state index contributed by atoms with van der Waals surface area (Å²) in [6.07, 6.45) is -0.435. The van der Waals surface area contributed by atoms with Crippen molar-refractivity contribution in [3.8, 4) is 0 Å². The molecule has 1 aliphatic rings. The van der Waals surface area contributed by atoms with Crippen LogP contribution < -0.4 is 10.2 Å². The molecule has 9 heteroatoms. The lowest BCUT2D eigenvalue weighted by Gasteiger charge is -2.33. The Kier molecular flexibility index (Phi) is 6.34. The third-order valence-electron chi connectivity index (χ3n) is 4.93. The molecule has 0 aliphatic carbocycles. The molecule has 0 atom stereocenters. The Hall–Kier alpha value is -2.71. The number of hydrogen-bond donors (Lipinski definition) is 1. The maximum Gasteiger partial charge on any atom is 0.433 e. The second-order valence-corrected chi connectivity index (χ2v) is 7.31. The van der Waals surface area contributed by atoms with Crippen LogP contribution in [-0.4, -0.2) is 29.0 Å². The van der Waals surface area contributed by atoms with Gasteiger partial charge in [-0.3, -0.25) is 9.78 Å². The van der Waals surface area contributed by atoms with E-state index >= 15 is 0 Å². The van der Waals surface area contributed by atoms with Crippen LogP contribution >= 0.6 is 0 Å². The van der Waals surface area contributed by atoms with Gasteiger partial charge < -0.3 is 10.2 Å². The van der Waals surface area contributed by atoms with Gasteiger partial charge in [0.2, 0.25) is 5.91 Å². The van der Waals surface area contributed by atoms with E-state index in [1.807, 2.05) is 4.90 Å². The lowest BCUT2D eigenvalue weighted by molar-refractivity contribution is -0.141. The van der Waals surface area contributed by atoms with Crippen molar-refractivity contribution in [3.63, 3.8) is 0 Å². The summed E-state index contributed by atoms with van der Waals surface area (Å²) in [4.78, 5) is 21.6. The quantitative estimate of drug-likeness (QED) is 0.764. The number of rotatable bonds is 5. The van der Waals surface area contributed by atoms with E-state index in [0.29, 0.717) is 30.1 Å². The maximum atomic E-state index is 13.2. The molecule has 1 amide bonds. The molecule has 3 rings (SSSR count). The van der Waals surface area contributed by atoms with Gasteiger partial charge in [-0.25, -0.2) is 9.37 Å². The largest absolute Gasteiger partial charge is 0.433 e. The Morgan fingerprint density at radius 2 is 1.97 bits per heavy atom. The van der Waals surface area contributed by atoms with Crippen molar-refractivity contribution in [2.24, 2.45) is 5.92 Å². The monoisotopic (exact) mass is 410 g/mol. The predicted octanol–water partition coefficient (Wildman–Crippen LogP) is 3.73. The van der Waals surface area contributed by atoms with Crippen molar-refractivity contribution in [1.82, 2.24) is 15.3 Å². The van der Waals surface area contributed by atoms with Crippen molar-refractivity contribution >= 4 is 11.7 Å². The van der Waals surface area contributed by atoms with Crippen LogP contribution in [0.2, 0.25) is 0 Å². The number of amides is 1. The third-order valence-corrected chi connectivity index (χ3v) is 4.93. The first-order valence-electron chi connectivity index (χ1n) is 9.40. The van der Waals surface area contributed by atoms with E-state index in [-0.39, 0.29) is 24.7 Å². The second kappa shape index (κ2) is 8.75. The SMILES string of the molecule is CC1CCN(c2nc(C(F)(F)F)ccc2CNC(=O)Cc2cncc(F)c2)CC1. The number of pyridine rings is 2. The average Bonchev–Trinajstić information content (AvgIpc) is 2.66. The number of alkyl halides is 3. The van der Waals surface area contributed by atoms with E-state index in [2.05, 4.69) is 22.2 Å². The summed E-state index contributed by atoms with van der Waals surface area (Å²) in [7, 11) is 0. The molecule has 0 spiro atoms. The molecule has 5 nitrogen and oxygen atoms in total. The van der Waals surface area contributed by atoms with Crippen LogP contribution in [-0.2, 0) is 23.9 Å². The van der Waals surface area contributed by atoms with E-state index in [1.54, 1.807) is 0 Å². The minimum atomic E-state index is -4.54. The van der Waals surface area contributed by atoms with Crippen LogP contribution in [0.4, 0.5) is 23.4 Å². The Morgan fingerprint density at radius 3 is 2.62 bits per heavy atom. The van der Waals surface area contributed by atoms with Crippen LogP contribution in [0.5, 0.6) is 0 Å². The van der Waals surface area contributed by atoms with Gasteiger partial charge in [-0.15, -0.1) is 0 Å². The van der Waals surface area contributed by atoms with Crippen LogP contribution in [0.15, 0.2) is 30.6 Å². The first-order valence-corrected chi connectivity index (χ1v) is 9.40. The molecule has 0 bridgehead atoms. The number of nitrogens with one attached hydrogen (secondary N) is 1. The number of nitrogens with zero attached hydrogens (tertiary/aromatic N) is 3. The summed E-state index contributed by atoms with van der Waals surface area (Å²) in [5.41, 5.74) is -0.0245. The van der Waals surface area contributed by atoms with Crippen LogP contribution in [0.25, 0.3) is 0 Å². The van der Waals surface area contributed by atoms with Gasteiger partial charge in [0, 0.05) is 31.4 Å². The Balaban J connectivity index is 1.74. The fraction of sp³-hybridized carbons (Fsp3) is 0.450.